The van der Waals surface area contributed by atoms with E-state index in [1.165, 1.54) is 17.5 Å². The summed E-state index contributed by atoms with van der Waals surface area (Å²) >= 11 is 0. The van der Waals surface area contributed by atoms with Gasteiger partial charge in [-0.25, -0.2) is 0 Å². The SMILES string of the molecule is Cc1cc(C)cc(C(=O)CCN(C)CC2CC2C)c1. The van der Waals surface area contributed by atoms with E-state index in [2.05, 4.69) is 24.9 Å². The molecule has 0 spiro atoms. The van der Waals surface area contributed by atoms with Crippen LogP contribution in [-0.4, -0.2) is 30.8 Å². The summed E-state index contributed by atoms with van der Waals surface area (Å²) in [6, 6.07) is 6.11. The molecule has 0 bridgehead atoms. The molecule has 1 aromatic rings. The van der Waals surface area contributed by atoms with Gasteiger partial charge in [-0.05, 0) is 51.3 Å². The summed E-state index contributed by atoms with van der Waals surface area (Å²) in [5, 5.41) is 0. The first-order valence-corrected chi connectivity index (χ1v) is 7.25. The van der Waals surface area contributed by atoms with E-state index in [9.17, 15) is 4.79 Å². The molecule has 1 fully saturated rings. The molecule has 1 saturated carbocycles. The highest BCUT2D eigenvalue weighted by Crippen LogP contribution is 2.37. The van der Waals surface area contributed by atoms with Gasteiger partial charge in [0.2, 0.25) is 0 Å². The molecular weight excluding hydrogens is 234 g/mol. The highest BCUT2D eigenvalue weighted by Gasteiger charge is 2.32. The van der Waals surface area contributed by atoms with Gasteiger partial charge in [-0.2, -0.15) is 0 Å². The molecular formula is C17H25NO. The van der Waals surface area contributed by atoms with E-state index in [1.807, 2.05) is 26.0 Å². The minimum atomic E-state index is 0.266. The fourth-order valence-corrected chi connectivity index (χ4v) is 2.72. The van der Waals surface area contributed by atoms with Crippen molar-refractivity contribution in [2.24, 2.45) is 11.8 Å². The van der Waals surface area contributed by atoms with Gasteiger partial charge in [0.1, 0.15) is 0 Å². The molecule has 1 aromatic carbocycles. The molecule has 0 radical (unpaired) electrons. The van der Waals surface area contributed by atoms with Gasteiger partial charge in [-0.1, -0.05) is 24.1 Å². The summed E-state index contributed by atoms with van der Waals surface area (Å²) in [4.78, 5) is 14.5. The number of rotatable bonds is 6. The second-order valence-electron chi connectivity index (χ2n) is 6.28. The van der Waals surface area contributed by atoms with Crippen LogP contribution in [0.1, 0.15) is 41.3 Å². The van der Waals surface area contributed by atoms with Gasteiger partial charge in [0.15, 0.2) is 5.78 Å². The average Bonchev–Trinajstić information content (AvgIpc) is 3.00. The first kappa shape index (κ1) is 14.3. The van der Waals surface area contributed by atoms with Crippen LogP contribution in [0.4, 0.5) is 0 Å². The summed E-state index contributed by atoms with van der Waals surface area (Å²) in [5.74, 6) is 2.02. The van der Waals surface area contributed by atoms with Crippen molar-refractivity contribution in [3.8, 4) is 0 Å². The zero-order chi connectivity index (χ0) is 14.0. The number of Topliss-reactive ketones (excluding diaryl/α,β-unsaturated/α-hetero) is 1. The summed E-state index contributed by atoms with van der Waals surface area (Å²) in [7, 11) is 2.12. The second-order valence-corrected chi connectivity index (χ2v) is 6.28. The highest BCUT2D eigenvalue weighted by molar-refractivity contribution is 5.96. The fraction of sp³-hybridized carbons (Fsp3) is 0.588. The Hall–Kier alpha value is -1.15. The molecule has 2 rings (SSSR count). The lowest BCUT2D eigenvalue weighted by atomic mass is 10.0. The summed E-state index contributed by atoms with van der Waals surface area (Å²) in [6.07, 6.45) is 1.98. The van der Waals surface area contributed by atoms with Gasteiger partial charge in [0.25, 0.3) is 0 Å². The van der Waals surface area contributed by atoms with Gasteiger partial charge in [0, 0.05) is 25.1 Å². The van der Waals surface area contributed by atoms with Crippen LogP contribution in [0, 0.1) is 25.7 Å². The summed E-state index contributed by atoms with van der Waals surface area (Å²) < 4.78 is 0. The Morgan fingerprint density at radius 1 is 1.26 bits per heavy atom. The molecule has 2 atom stereocenters. The van der Waals surface area contributed by atoms with Crippen molar-refractivity contribution in [1.29, 1.82) is 0 Å². The number of carbonyl (C=O) groups is 1. The monoisotopic (exact) mass is 259 g/mol. The normalized spacial score (nSPS) is 21.7. The number of nitrogens with zero attached hydrogens (tertiary/aromatic N) is 1. The Morgan fingerprint density at radius 2 is 1.84 bits per heavy atom. The van der Waals surface area contributed by atoms with Crippen molar-refractivity contribution in [3.05, 3.63) is 34.9 Å². The maximum atomic E-state index is 12.2. The Balaban J connectivity index is 1.83. The molecule has 0 heterocycles. The van der Waals surface area contributed by atoms with Crippen LogP contribution in [0.2, 0.25) is 0 Å². The van der Waals surface area contributed by atoms with Crippen molar-refractivity contribution < 1.29 is 4.79 Å². The Morgan fingerprint density at radius 3 is 2.37 bits per heavy atom. The zero-order valence-corrected chi connectivity index (χ0v) is 12.6. The molecule has 0 saturated heterocycles. The van der Waals surface area contributed by atoms with Gasteiger partial charge in [0.05, 0.1) is 0 Å². The topological polar surface area (TPSA) is 20.3 Å². The van der Waals surface area contributed by atoms with Crippen molar-refractivity contribution in [2.75, 3.05) is 20.1 Å². The van der Waals surface area contributed by atoms with Gasteiger partial charge in [-0.15, -0.1) is 0 Å². The molecule has 2 nitrogen and oxygen atoms in total. The number of hydrogen-bond acceptors (Lipinski definition) is 2. The molecule has 1 aliphatic rings. The smallest absolute Gasteiger partial charge is 0.164 e. The Labute approximate surface area is 116 Å². The third-order valence-corrected chi connectivity index (χ3v) is 4.09. The third-order valence-electron chi connectivity index (χ3n) is 4.09. The number of ketones is 1. The van der Waals surface area contributed by atoms with Crippen LogP contribution in [0.25, 0.3) is 0 Å². The highest BCUT2D eigenvalue weighted by atomic mass is 16.1. The fourth-order valence-electron chi connectivity index (χ4n) is 2.72. The zero-order valence-electron chi connectivity index (χ0n) is 12.6. The largest absolute Gasteiger partial charge is 0.306 e. The predicted molar refractivity (Wildman–Crippen MR) is 79.6 cm³/mol. The Kier molecular flexibility index (Phi) is 4.41. The minimum Gasteiger partial charge on any atom is -0.306 e. The number of hydrogen-bond donors (Lipinski definition) is 0. The lowest BCUT2D eigenvalue weighted by molar-refractivity contribution is 0.0968. The maximum Gasteiger partial charge on any atom is 0.164 e. The third kappa shape index (κ3) is 4.17. The van der Waals surface area contributed by atoms with Crippen molar-refractivity contribution in [1.82, 2.24) is 4.90 Å². The summed E-state index contributed by atoms with van der Waals surface area (Å²) in [5.41, 5.74) is 3.21. The number of carbonyl (C=O) groups excluding carboxylic acids is 1. The first-order chi connectivity index (χ1) is 8.95. The van der Waals surface area contributed by atoms with Crippen LogP contribution < -0.4 is 0 Å². The van der Waals surface area contributed by atoms with Crippen LogP contribution in [0.3, 0.4) is 0 Å². The number of aryl methyl sites for hydroxylation is 2. The van der Waals surface area contributed by atoms with E-state index in [0.29, 0.717) is 6.42 Å². The maximum absolute atomic E-state index is 12.2. The molecule has 1 aliphatic carbocycles. The first-order valence-electron chi connectivity index (χ1n) is 7.25. The van der Waals surface area contributed by atoms with E-state index in [1.54, 1.807) is 0 Å². The predicted octanol–water partition coefficient (Wildman–Crippen LogP) is 3.46. The molecule has 2 heteroatoms. The van der Waals surface area contributed by atoms with Crippen LogP contribution >= 0.6 is 0 Å². The molecule has 0 amide bonds. The van der Waals surface area contributed by atoms with Crippen molar-refractivity contribution in [3.63, 3.8) is 0 Å². The lowest BCUT2D eigenvalue weighted by Crippen LogP contribution is -2.24. The van der Waals surface area contributed by atoms with E-state index < -0.39 is 0 Å². The van der Waals surface area contributed by atoms with Crippen molar-refractivity contribution >= 4 is 5.78 Å². The minimum absolute atomic E-state index is 0.266. The van der Waals surface area contributed by atoms with E-state index in [-0.39, 0.29) is 5.78 Å². The quantitative estimate of drug-likeness (QED) is 0.729. The molecule has 19 heavy (non-hydrogen) atoms. The molecule has 104 valence electrons. The molecule has 0 aromatic heterocycles. The molecule has 0 aliphatic heterocycles. The standard InChI is InChI=1S/C17H25NO/c1-12-7-13(2)9-15(8-12)17(19)5-6-18(4)11-16-10-14(16)3/h7-9,14,16H,5-6,10-11H2,1-4H3. The van der Waals surface area contributed by atoms with Crippen LogP contribution in [0.15, 0.2) is 18.2 Å². The second kappa shape index (κ2) is 5.87. The Bertz CT molecular complexity index is 446. The van der Waals surface area contributed by atoms with Gasteiger partial charge in [-0.3, -0.25) is 4.79 Å². The van der Waals surface area contributed by atoms with E-state index in [0.717, 1.165) is 30.5 Å². The van der Waals surface area contributed by atoms with Crippen LogP contribution in [-0.2, 0) is 0 Å². The van der Waals surface area contributed by atoms with Gasteiger partial charge >= 0.3 is 0 Å². The lowest BCUT2D eigenvalue weighted by Gasteiger charge is -2.16. The average molecular weight is 259 g/mol. The van der Waals surface area contributed by atoms with E-state index in [4.69, 9.17) is 0 Å². The van der Waals surface area contributed by atoms with Gasteiger partial charge < -0.3 is 4.90 Å². The molecule has 2 unspecified atom stereocenters. The van der Waals surface area contributed by atoms with Crippen molar-refractivity contribution in [2.45, 2.75) is 33.6 Å². The van der Waals surface area contributed by atoms with Crippen LogP contribution in [0.5, 0.6) is 0 Å². The molecule has 0 N–H and O–H groups in total. The summed E-state index contributed by atoms with van der Waals surface area (Å²) in [6.45, 7) is 8.41. The number of benzene rings is 1. The van der Waals surface area contributed by atoms with E-state index >= 15 is 0 Å².